The van der Waals surface area contributed by atoms with Crippen LogP contribution in [0.3, 0.4) is 0 Å². The molecule has 0 saturated carbocycles. The molecular formula is C15H13BrN4O2. The van der Waals surface area contributed by atoms with E-state index in [9.17, 15) is 4.79 Å². The van der Waals surface area contributed by atoms with Crippen LogP contribution in [0.1, 0.15) is 17.3 Å². The Hall–Kier alpha value is -2.41. The molecule has 0 aliphatic rings. The SMILES string of the molecule is CCOC(=O)c1ccc(Nc2nc(Br)cn3ccnc23)cc1. The van der Waals surface area contributed by atoms with Crippen molar-refractivity contribution in [3.63, 3.8) is 0 Å². The first-order valence-electron chi connectivity index (χ1n) is 6.71. The first kappa shape index (κ1) is 14.5. The third kappa shape index (κ3) is 2.94. The van der Waals surface area contributed by atoms with E-state index in [-0.39, 0.29) is 5.97 Å². The van der Waals surface area contributed by atoms with Gasteiger partial charge in [-0.1, -0.05) is 0 Å². The van der Waals surface area contributed by atoms with Crippen LogP contribution in [0.25, 0.3) is 5.65 Å². The number of benzene rings is 1. The fraction of sp³-hybridized carbons (Fsp3) is 0.133. The quantitative estimate of drug-likeness (QED) is 0.722. The molecular weight excluding hydrogens is 348 g/mol. The average molecular weight is 361 g/mol. The highest BCUT2D eigenvalue weighted by Gasteiger charge is 2.09. The van der Waals surface area contributed by atoms with Crippen LogP contribution in [0, 0.1) is 0 Å². The maximum Gasteiger partial charge on any atom is 0.338 e. The van der Waals surface area contributed by atoms with Gasteiger partial charge in [0.25, 0.3) is 0 Å². The molecule has 0 saturated heterocycles. The molecule has 0 aliphatic carbocycles. The lowest BCUT2D eigenvalue weighted by molar-refractivity contribution is 0.0526. The Bertz CT molecular complexity index is 814. The number of anilines is 2. The van der Waals surface area contributed by atoms with Crippen molar-refractivity contribution in [1.29, 1.82) is 0 Å². The van der Waals surface area contributed by atoms with Crippen molar-refractivity contribution < 1.29 is 9.53 Å². The van der Waals surface area contributed by atoms with Crippen LogP contribution >= 0.6 is 15.9 Å². The van der Waals surface area contributed by atoms with Gasteiger partial charge < -0.3 is 14.5 Å². The second kappa shape index (κ2) is 6.15. The van der Waals surface area contributed by atoms with E-state index in [1.165, 1.54) is 0 Å². The summed E-state index contributed by atoms with van der Waals surface area (Å²) in [6, 6.07) is 7.02. The zero-order valence-corrected chi connectivity index (χ0v) is 13.4. The third-order valence-electron chi connectivity index (χ3n) is 3.00. The smallest absolute Gasteiger partial charge is 0.338 e. The summed E-state index contributed by atoms with van der Waals surface area (Å²) in [5.41, 5.74) is 2.04. The van der Waals surface area contributed by atoms with Crippen molar-refractivity contribution in [2.24, 2.45) is 0 Å². The molecule has 0 fully saturated rings. The lowest BCUT2D eigenvalue weighted by atomic mass is 10.2. The van der Waals surface area contributed by atoms with Crippen LogP contribution in [-0.2, 0) is 4.74 Å². The summed E-state index contributed by atoms with van der Waals surface area (Å²) in [5.74, 6) is 0.300. The number of carbonyl (C=O) groups is 1. The largest absolute Gasteiger partial charge is 0.462 e. The normalized spacial score (nSPS) is 10.6. The van der Waals surface area contributed by atoms with Crippen molar-refractivity contribution >= 4 is 39.1 Å². The van der Waals surface area contributed by atoms with E-state index in [0.717, 1.165) is 11.3 Å². The topological polar surface area (TPSA) is 68.5 Å². The molecule has 0 radical (unpaired) electrons. The van der Waals surface area contributed by atoms with Crippen LogP contribution in [0.15, 0.2) is 47.5 Å². The van der Waals surface area contributed by atoms with Gasteiger partial charge in [-0.05, 0) is 47.1 Å². The molecule has 0 amide bonds. The summed E-state index contributed by atoms with van der Waals surface area (Å²) in [6.07, 6.45) is 5.38. The lowest BCUT2D eigenvalue weighted by Gasteiger charge is -2.08. The fourth-order valence-electron chi connectivity index (χ4n) is 2.03. The fourth-order valence-corrected chi connectivity index (χ4v) is 2.42. The predicted octanol–water partition coefficient (Wildman–Crippen LogP) is 3.41. The highest BCUT2D eigenvalue weighted by Crippen LogP contribution is 2.21. The van der Waals surface area contributed by atoms with Gasteiger partial charge in [0.2, 0.25) is 0 Å². The Kier molecular flexibility index (Phi) is 4.06. The molecule has 2 aromatic heterocycles. The number of aromatic nitrogens is 3. The summed E-state index contributed by atoms with van der Waals surface area (Å²) < 4.78 is 7.52. The van der Waals surface area contributed by atoms with E-state index in [2.05, 4.69) is 31.2 Å². The van der Waals surface area contributed by atoms with Gasteiger partial charge in [-0.15, -0.1) is 0 Å². The van der Waals surface area contributed by atoms with E-state index in [1.807, 2.05) is 16.8 Å². The number of halogens is 1. The van der Waals surface area contributed by atoms with Crippen molar-refractivity contribution in [2.75, 3.05) is 11.9 Å². The zero-order chi connectivity index (χ0) is 15.5. The van der Waals surface area contributed by atoms with Gasteiger partial charge in [-0.25, -0.2) is 14.8 Å². The maximum atomic E-state index is 11.6. The average Bonchev–Trinajstić information content (AvgIpc) is 2.96. The molecule has 112 valence electrons. The Labute approximate surface area is 135 Å². The first-order valence-corrected chi connectivity index (χ1v) is 7.50. The molecule has 1 N–H and O–H groups in total. The molecule has 0 aliphatic heterocycles. The molecule has 0 unspecified atom stereocenters. The van der Waals surface area contributed by atoms with Crippen LogP contribution in [0.4, 0.5) is 11.5 Å². The van der Waals surface area contributed by atoms with E-state index < -0.39 is 0 Å². The lowest BCUT2D eigenvalue weighted by Crippen LogP contribution is -2.04. The molecule has 3 aromatic rings. The van der Waals surface area contributed by atoms with E-state index >= 15 is 0 Å². The molecule has 0 atom stereocenters. The van der Waals surface area contributed by atoms with Gasteiger partial charge >= 0.3 is 5.97 Å². The highest BCUT2D eigenvalue weighted by atomic mass is 79.9. The number of esters is 1. The molecule has 1 aromatic carbocycles. The summed E-state index contributed by atoms with van der Waals surface area (Å²) in [6.45, 7) is 2.14. The number of rotatable bonds is 4. The molecule has 7 heteroatoms. The number of fused-ring (bicyclic) bond motifs is 1. The summed E-state index contributed by atoms with van der Waals surface area (Å²) >= 11 is 3.37. The second-order valence-corrected chi connectivity index (χ2v) is 5.31. The van der Waals surface area contributed by atoms with E-state index in [0.29, 0.717) is 22.6 Å². The second-order valence-electron chi connectivity index (χ2n) is 4.49. The summed E-state index contributed by atoms with van der Waals surface area (Å²) in [7, 11) is 0. The van der Waals surface area contributed by atoms with Gasteiger partial charge in [0.1, 0.15) is 4.60 Å². The summed E-state index contributed by atoms with van der Waals surface area (Å²) in [4.78, 5) is 20.3. The third-order valence-corrected chi connectivity index (χ3v) is 3.39. The Morgan fingerprint density at radius 1 is 1.36 bits per heavy atom. The van der Waals surface area contributed by atoms with Crippen molar-refractivity contribution in [3.05, 3.63) is 53.0 Å². The molecule has 0 bridgehead atoms. The van der Waals surface area contributed by atoms with Gasteiger partial charge in [-0.3, -0.25) is 0 Å². The number of hydrogen-bond donors (Lipinski definition) is 1. The Morgan fingerprint density at radius 3 is 2.86 bits per heavy atom. The van der Waals surface area contributed by atoms with Crippen LogP contribution < -0.4 is 5.32 Å². The number of hydrogen-bond acceptors (Lipinski definition) is 5. The number of imidazole rings is 1. The maximum absolute atomic E-state index is 11.6. The number of ether oxygens (including phenoxy) is 1. The highest BCUT2D eigenvalue weighted by molar-refractivity contribution is 9.10. The van der Waals surface area contributed by atoms with E-state index in [1.54, 1.807) is 37.4 Å². The number of nitrogens with one attached hydrogen (secondary N) is 1. The van der Waals surface area contributed by atoms with Gasteiger partial charge in [0.15, 0.2) is 11.5 Å². The molecule has 0 spiro atoms. The number of carbonyl (C=O) groups excluding carboxylic acids is 1. The van der Waals surface area contributed by atoms with E-state index in [4.69, 9.17) is 4.74 Å². The Morgan fingerprint density at radius 2 is 2.14 bits per heavy atom. The molecule has 22 heavy (non-hydrogen) atoms. The first-order chi connectivity index (χ1) is 10.7. The number of nitrogens with zero attached hydrogens (tertiary/aromatic N) is 3. The Balaban J connectivity index is 1.86. The summed E-state index contributed by atoms with van der Waals surface area (Å²) in [5, 5.41) is 3.20. The van der Waals surface area contributed by atoms with Crippen molar-refractivity contribution in [2.45, 2.75) is 6.92 Å². The van der Waals surface area contributed by atoms with Gasteiger partial charge in [0.05, 0.1) is 12.2 Å². The van der Waals surface area contributed by atoms with Crippen molar-refractivity contribution in [1.82, 2.24) is 14.4 Å². The van der Waals surface area contributed by atoms with Crippen molar-refractivity contribution in [3.8, 4) is 0 Å². The molecule has 6 nitrogen and oxygen atoms in total. The standard InChI is InChI=1S/C15H13BrN4O2/c1-2-22-15(21)10-3-5-11(6-4-10)18-13-14-17-7-8-20(14)9-12(16)19-13/h3-9H,2H2,1H3,(H,18,19). The minimum atomic E-state index is -0.328. The predicted molar refractivity (Wildman–Crippen MR) is 86.4 cm³/mol. The molecule has 3 rings (SSSR count). The van der Waals surface area contributed by atoms with Crippen LogP contribution in [0.2, 0.25) is 0 Å². The van der Waals surface area contributed by atoms with Crippen LogP contribution in [-0.4, -0.2) is 26.9 Å². The molecule has 2 heterocycles. The minimum Gasteiger partial charge on any atom is -0.462 e. The zero-order valence-electron chi connectivity index (χ0n) is 11.8. The van der Waals surface area contributed by atoms with Crippen LogP contribution in [0.5, 0.6) is 0 Å². The monoisotopic (exact) mass is 360 g/mol. The van der Waals surface area contributed by atoms with Gasteiger partial charge in [-0.2, -0.15) is 0 Å². The van der Waals surface area contributed by atoms with Gasteiger partial charge in [0, 0.05) is 24.3 Å². The minimum absolute atomic E-state index is 0.328.